The smallest absolute Gasteiger partial charge is 0.232 e. The molecule has 1 unspecified atom stereocenters. The Morgan fingerprint density at radius 2 is 1.76 bits per heavy atom. The predicted octanol–water partition coefficient (Wildman–Crippen LogP) is 5.38. The molecular weight excluding hydrogens is 384 g/mol. The lowest BCUT2D eigenvalue weighted by Gasteiger charge is -2.43. The number of hydrogen-bond acceptors (Lipinski definition) is 3. The van der Waals surface area contributed by atoms with Crippen LogP contribution in [0.5, 0.6) is 0 Å². The van der Waals surface area contributed by atoms with Gasteiger partial charge in [0.25, 0.3) is 0 Å². The van der Waals surface area contributed by atoms with Crippen molar-refractivity contribution in [2.45, 2.75) is 39.0 Å². The molecule has 1 heterocycles. The van der Waals surface area contributed by atoms with E-state index in [0.717, 1.165) is 11.3 Å². The third-order valence-corrected chi connectivity index (χ3v) is 5.93. The molecule has 1 aliphatic carbocycles. The number of anilines is 1. The number of rotatable bonds is 2. The minimum atomic E-state index is -0.288. The van der Waals surface area contributed by atoms with Crippen LogP contribution in [0.25, 0.3) is 0 Å². The summed E-state index contributed by atoms with van der Waals surface area (Å²) in [5, 5.41) is 10.2. The van der Waals surface area contributed by atoms with E-state index in [1.807, 2.05) is 32.0 Å². The number of carbonyl (C=O) groups excluding carboxylic acids is 2. The van der Waals surface area contributed by atoms with Crippen molar-refractivity contribution in [2.75, 3.05) is 4.90 Å². The van der Waals surface area contributed by atoms with Crippen LogP contribution in [0.4, 0.5) is 5.69 Å². The van der Waals surface area contributed by atoms with Crippen molar-refractivity contribution in [1.29, 1.82) is 5.26 Å². The number of nitriles is 1. The van der Waals surface area contributed by atoms with Crippen molar-refractivity contribution in [3.05, 3.63) is 76.0 Å². The van der Waals surface area contributed by atoms with Crippen LogP contribution in [-0.4, -0.2) is 11.7 Å². The first kappa shape index (κ1) is 19.4. The number of carbonyl (C=O) groups is 2. The maximum atomic E-state index is 13.3. The molecule has 0 saturated carbocycles. The highest BCUT2D eigenvalue weighted by Crippen LogP contribution is 2.48. The fourth-order valence-electron chi connectivity index (χ4n) is 4.44. The van der Waals surface area contributed by atoms with Gasteiger partial charge in [0.05, 0.1) is 11.3 Å². The number of amides is 1. The molecule has 146 valence electrons. The number of hydrogen-bond donors (Lipinski definition) is 0. The standard InChI is InChI=1S/C24H21ClN2O2/c1-24(2)12-20-23(21(28)13-24)18(15-7-9-17(25)10-8-15)11-22(29)27(20)19-6-4-3-5-16(19)14-26/h3-10,18H,11-13H2,1-2H3. The molecule has 1 aliphatic heterocycles. The zero-order valence-electron chi connectivity index (χ0n) is 16.4. The van der Waals surface area contributed by atoms with Gasteiger partial charge < -0.3 is 0 Å². The third kappa shape index (κ3) is 3.47. The lowest BCUT2D eigenvalue weighted by molar-refractivity contribution is -0.121. The lowest BCUT2D eigenvalue weighted by Crippen LogP contribution is -2.44. The summed E-state index contributed by atoms with van der Waals surface area (Å²) in [6.07, 6.45) is 1.23. The molecule has 29 heavy (non-hydrogen) atoms. The molecule has 2 aliphatic rings. The Morgan fingerprint density at radius 1 is 1.07 bits per heavy atom. The molecule has 4 rings (SSSR count). The quantitative estimate of drug-likeness (QED) is 0.675. The van der Waals surface area contributed by atoms with E-state index in [0.29, 0.717) is 34.7 Å². The van der Waals surface area contributed by atoms with Crippen LogP contribution in [-0.2, 0) is 9.59 Å². The first-order valence-electron chi connectivity index (χ1n) is 9.64. The van der Waals surface area contributed by atoms with Gasteiger partial charge in [0.2, 0.25) is 5.91 Å². The van der Waals surface area contributed by atoms with Crippen LogP contribution < -0.4 is 4.90 Å². The summed E-state index contributed by atoms with van der Waals surface area (Å²) in [7, 11) is 0. The second kappa shape index (κ2) is 7.17. The van der Waals surface area contributed by atoms with Gasteiger partial charge in [-0.3, -0.25) is 14.5 Å². The molecule has 5 heteroatoms. The summed E-state index contributed by atoms with van der Waals surface area (Å²) >= 11 is 6.03. The predicted molar refractivity (Wildman–Crippen MR) is 113 cm³/mol. The van der Waals surface area contributed by atoms with E-state index >= 15 is 0 Å². The largest absolute Gasteiger partial charge is 0.294 e. The Hall–Kier alpha value is -2.90. The molecule has 0 radical (unpaired) electrons. The highest BCUT2D eigenvalue weighted by atomic mass is 35.5. The van der Waals surface area contributed by atoms with E-state index in [2.05, 4.69) is 6.07 Å². The second-order valence-electron chi connectivity index (χ2n) is 8.47. The van der Waals surface area contributed by atoms with Crippen molar-refractivity contribution < 1.29 is 9.59 Å². The molecule has 0 aromatic heterocycles. The van der Waals surface area contributed by atoms with Gasteiger partial charge in [0.15, 0.2) is 5.78 Å². The average molecular weight is 405 g/mol. The topological polar surface area (TPSA) is 61.2 Å². The minimum absolute atomic E-state index is 0.0724. The zero-order valence-corrected chi connectivity index (χ0v) is 17.2. The van der Waals surface area contributed by atoms with Gasteiger partial charge in [-0.05, 0) is 41.7 Å². The minimum Gasteiger partial charge on any atom is -0.294 e. The van der Waals surface area contributed by atoms with Gasteiger partial charge in [-0.15, -0.1) is 0 Å². The summed E-state index contributed by atoms with van der Waals surface area (Å²) < 4.78 is 0. The van der Waals surface area contributed by atoms with E-state index in [1.54, 1.807) is 35.2 Å². The summed E-state index contributed by atoms with van der Waals surface area (Å²) in [5.41, 5.74) is 3.06. The van der Waals surface area contributed by atoms with Crippen LogP contribution in [0.2, 0.25) is 5.02 Å². The van der Waals surface area contributed by atoms with E-state index in [9.17, 15) is 14.9 Å². The van der Waals surface area contributed by atoms with Crippen LogP contribution in [0.3, 0.4) is 0 Å². The van der Waals surface area contributed by atoms with Gasteiger partial charge in [0, 0.05) is 35.1 Å². The van der Waals surface area contributed by atoms with Crippen molar-refractivity contribution >= 4 is 29.0 Å². The van der Waals surface area contributed by atoms with Crippen LogP contribution >= 0.6 is 11.6 Å². The Kier molecular flexibility index (Phi) is 4.80. The maximum Gasteiger partial charge on any atom is 0.232 e. The summed E-state index contributed by atoms with van der Waals surface area (Å²) in [4.78, 5) is 28.2. The molecule has 0 bridgehead atoms. The van der Waals surface area contributed by atoms with E-state index in [4.69, 9.17) is 11.6 Å². The molecule has 0 N–H and O–H groups in total. The molecule has 0 fully saturated rings. The van der Waals surface area contributed by atoms with Crippen molar-refractivity contribution in [3.63, 3.8) is 0 Å². The zero-order chi connectivity index (χ0) is 20.8. The number of halogens is 1. The average Bonchev–Trinajstić information content (AvgIpc) is 2.67. The van der Waals surface area contributed by atoms with E-state index in [-0.39, 0.29) is 29.4 Å². The Bertz CT molecular complexity index is 1080. The number of nitrogens with zero attached hydrogens (tertiary/aromatic N) is 2. The monoisotopic (exact) mass is 404 g/mol. The highest BCUT2D eigenvalue weighted by Gasteiger charge is 2.44. The van der Waals surface area contributed by atoms with Crippen molar-refractivity contribution in [3.8, 4) is 6.07 Å². The molecule has 4 nitrogen and oxygen atoms in total. The van der Waals surface area contributed by atoms with Gasteiger partial charge in [-0.25, -0.2) is 0 Å². The number of Topliss-reactive ketones (excluding diaryl/α,β-unsaturated/α-hetero) is 1. The molecule has 2 aromatic carbocycles. The molecular formula is C24H21ClN2O2. The van der Waals surface area contributed by atoms with Crippen molar-refractivity contribution in [1.82, 2.24) is 0 Å². The molecule has 0 spiro atoms. The van der Waals surface area contributed by atoms with Gasteiger partial charge >= 0.3 is 0 Å². The fourth-order valence-corrected chi connectivity index (χ4v) is 4.56. The molecule has 1 atom stereocenters. The van der Waals surface area contributed by atoms with Crippen LogP contribution in [0.1, 0.15) is 50.2 Å². The SMILES string of the molecule is CC1(C)CC(=O)C2=C(C1)N(c1ccccc1C#N)C(=O)CC2c1ccc(Cl)cc1. The van der Waals surface area contributed by atoms with E-state index in [1.165, 1.54) is 0 Å². The highest BCUT2D eigenvalue weighted by molar-refractivity contribution is 6.30. The summed E-state index contributed by atoms with van der Waals surface area (Å²) in [6.45, 7) is 4.08. The van der Waals surface area contributed by atoms with Gasteiger partial charge in [-0.2, -0.15) is 5.26 Å². The fraction of sp³-hybridized carbons (Fsp3) is 0.292. The Labute approximate surface area is 175 Å². The Balaban J connectivity index is 1.93. The van der Waals surface area contributed by atoms with Gasteiger partial charge in [0.1, 0.15) is 6.07 Å². The van der Waals surface area contributed by atoms with Crippen LogP contribution in [0.15, 0.2) is 59.8 Å². The second-order valence-corrected chi connectivity index (χ2v) is 8.90. The molecule has 0 saturated heterocycles. The number of allylic oxidation sites excluding steroid dienone is 2. The van der Waals surface area contributed by atoms with Crippen molar-refractivity contribution in [2.24, 2.45) is 5.41 Å². The summed E-state index contributed by atoms with van der Waals surface area (Å²) in [5.74, 6) is -0.316. The van der Waals surface area contributed by atoms with Crippen LogP contribution in [0, 0.1) is 16.7 Å². The Morgan fingerprint density at radius 3 is 2.45 bits per heavy atom. The lowest BCUT2D eigenvalue weighted by atomic mass is 9.69. The van der Waals surface area contributed by atoms with Gasteiger partial charge in [-0.1, -0.05) is 49.7 Å². The molecule has 1 amide bonds. The molecule has 2 aromatic rings. The number of ketones is 1. The van der Waals surface area contributed by atoms with E-state index < -0.39 is 0 Å². The first-order valence-corrected chi connectivity index (χ1v) is 10.0. The first-order chi connectivity index (χ1) is 13.8. The number of para-hydroxylation sites is 1. The normalized spacial score (nSPS) is 21.0. The maximum absolute atomic E-state index is 13.3. The third-order valence-electron chi connectivity index (χ3n) is 5.68. The summed E-state index contributed by atoms with van der Waals surface area (Å²) in [6, 6.07) is 16.6. The number of benzene rings is 2.